The maximum atomic E-state index is 11.5. The van der Waals surface area contributed by atoms with Crippen molar-refractivity contribution in [3.8, 4) is 0 Å². The quantitative estimate of drug-likeness (QED) is 0.768. The molecule has 0 saturated carbocycles. The van der Waals surface area contributed by atoms with Gasteiger partial charge in [-0.2, -0.15) is 0 Å². The molecule has 1 aromatic carbocycles. The molecule has 1 aliphatic rings. The lowest BCUT2D eigenvalue weighted by Crippen LogP contribution is -2.37. The maximum absolute atomic E-state index is 11.5. The summed E-state index contributed by atoms with van der Waals surface area (Å²) in [6, 6.07) is 5.62. The summed E-state index contributed by atoms with van der Waals surface area (Å²) in [5.74, 6) is -0.247. The van der Waals surface area contributed by atoms with Gasteiger partial charge in [0.25, 0.3) is 0 Å². The molecule has 0 aromatic heterocycles. The van der Waals surface area contributed by atoms with E-state index in [1.807, 2.05) is 18.2 Å². The van der Waals surface area contributed by atoms with Gasteiger partial charge in [-0.25, -0.2) is 4.79 Å². The molecule has 2 rings (SSSR count). The van der Waals surface area contributed by atoms with Crippen LogP contribution in [0, 0.1) is 0 Å². The number of ether oxygens (including phenoxy) is 1. The average molecular weight is 285 g/mol. The monoisotopic (exact) mass is 284 g/mol. The lowest BCUT2D eigenvalue weighted by Gasteiger charge is -2.15. The minimum absolute atomic E-state index is 0.247. The Kier molecular flexibility index (Phi) is 3.46. The number of nitrogens with one attached hydrogen (secondary N) is 2. The molecule has 0 unspecified atom stereocenters. The van der Waals surface area contributed by atoms with Crippen LogP contribution in [0.3, 0.4) is 0 Å². The number of hydrogen-bond acceptors (Lipinski definition) is 4. The van der Waals surface area contributed by atoms with Crippen LogP contribution in [0.15, 0.2) is 22.7 Å². The topological polar surface area (TPSA) is 50.4 Å². The number of esters is 1. The summed E-state index contributed by atoms with van der Waals surface area (Å²) in [4.78, 5) is 11.5. The van der Waals surface area contributed by atoms with Crippen molar-refractivity contribution in [3.63, 3.8) is 0 Å². The Balaban J connectivity index is 2.24. The summed E-state index contributed by atoms with van der Waals surface area (Å²) in [5, 5.41) is 6.39. The molecule has 16 heavy (non-hydrogen) atoms. The zero-order chi connectivity index (χ0) is 11.5. The first-order valence-corrected chi connectivity index (χ1v) is 5.83. The van der Waals surface area contributed by atoms with Crippen LogP contribution in [-0.4, -0.2) is 25.7 Å². The smallest absolute Gasteiger partial charge is 0.329 e. The largest absolute Gasteiger partial charge is 0.467 e. The van der Waals surface area contributed by atoms with E-state index < -0.39 is 0 Å². The van der Waals surface area contributed by atoms with Crippen molar-refractivity contribution in [1.29, 1.82) is 0 Å². The molecule has 5 heteroatoms. The SMILES string of the molecule is COC(=O)[C@H]1CNCc2cc(Br)ccc2N1. The molecule has 0 fully saturated rings. The molecular formula is C11H13BrN2O2. The number of anilines is 1. The molecule has 1 atom stereocenters. The minimum Gasteiger partial charge on any atom is -0.467 e. The normalized spacial score (nSPS) is 19.2. The Labute approximate surface area is 102 Å². The van der Waals surface area contributed by atoms with Crippen LogP contribution in [-0.2, 0) is 16.1 Å². The van der Waals surface area contributed by atoms with Gasteiger partial charge >= 0.3 is 5.97 Å². The first-order valence-electron chi connectivity index (χ1n) is 5.04. The summed E-state index contributed by atoms with van der Waals surface area (Å²) in [6.07, 6.45) is 0. The Hall–Kier alpha value is -1.07. The number of carbonyl (C=O) groups is 1. The summed E-state index contributed by atoms with van der Waals surface area (Å²) in [7, 11) is 1.40. The van der Waals surface area contributed by atoms with Gasteiger partial charge in [0.15, 0.2) is 0 Å². The van der Waals surface area contributed by atoms with Crippen LogP contribution in [0.2, 0.25) is 0 Å². The zero-order valence-corrected chi connectivity index (χ0v) is 10.5. The fourth-order valence-electron chi connectivity index (χ4n) is 1.72. The Morgan fingerprint density at radius 3 is 3.12 bits per heavy atom. The predicted octanol–water partition coefficient (Wildman–Crippen LogP) is 1.51. The van der Waals surface area contributed by atoms with Gasteiger partial charge in [-0.15, -0.1) is 0 Å². The summed E-state index contributed by atoms with van der Waals surface area (Å²) >= 11 is 3.43. The van der Waals surface area contributed by atoms with E-state index in [1.54, 1.807) is 0 Å². The van der Waals surface area contributed by atoms with Crippen LogP contribution in [0.1, 0.15) is 5.56 Å². The second kappa shape index (κ2) is 4.84. The van der Waals surface area contributed by atoms with E-state index in [0.29, 0.717) is 6.54 Å². The van der Waals surface area contributed by atoms with Crippen molar-refractivity contribution in [2.45, 2.75) is 12.6 Å². The highest BCUT2D eigenvalue weighted by Gasteiger charge is 2.22. The molecule has 0 bridgehead atoms. The summed E-state index contributed by atoms with van der Waals surface area (Å²) in [5.41, 5.74) is 2.12. The van der Waals surface area contributed by atoms with E-state index in [0.717, 1.165) is 22.3 Å². The van der Waals surface area contributed by atoms with Gasteiger partial charge in [0.1, 0.15) is 6.04 Å². The molecule has 86 valence electrons. The van der Waals surface area contributed by atoms with Crippen LogP contribution in [0.25, 0.3) is 0 Å². The number of rotatable bonds is 1. The number of carbonyl (C=O) groups excluding carboxylic acids is 1. The third kappa shape index (κ3) is 2.36. The molecule has 0 radical (unpaired) electrons. The van der Waals surface area contributed by atoms with Gasteiger partial charge in [-0.05, 0) is 23.8 Å². The Morgan fingerprint density at radius 2 is 2.38 bits per heavy atom. The van der Waals surface area contributed by atoms with E-state index in [4.69, 9.17) is 4.74 Å². The number of hydrogen-bond donors (Lipinski definition) is 2. The lowest BCUT2D eigenvalue weighted by molar-refractivity contribution is -0.141. The number of benzene rings is 1. The molecule has 2 N–H and O–H groups in total. The number of fused-ring (bicyclic) bond motifs is 1. The summed E-state index contributed by atoms with van der Waals surface area (Å²) in [6.45, 7) is 1.31. The van der Waals surface area contributed by atoms with Gasteiger partial charge in [0, 0.05) is 23.2 Å². The molecular weight excluding hydrogens is 272 g/mol. The molecule has 0 saturated heterocycles. The number of halogens is 1. The van der Waals surface area contributed by atoms with Gasteiger partial charge in [0.2, 0.25) is 0 Å². The highest BCUT2D eigenvalue weighted by Crippen LogP contribution is 2.23. The van der Waals surface area contributed by atoms with Gasteiger partial charge < -0.3 is 15.4 Å². The molecule has 0 amide bonds. The second-order valence-electron chi connectivity index (χ2n) is 3.65. The van der Waals surface area contributed by atoms with Crippen LogP contribution in [0.5, 0.6) is 0 Å². The zero-order valence-electron chi connectivity index (χ0n) is 8.92. The standard InChI is InChI=1S/C11H13BrN2O2/c1-16-11(15)10-6-13-5-7-4-8(12)2-3-9(7)14-10/h2-4,10,13-14H,5-6H2,1H3/t10-/m1/s1. The molecule has 1 heterocycles. The van der Waals surface area contributed by atoms with Crippen molar-refractivity contribution in [2.75, 3.05) is 19.0 Å². The van der Waals surface area contributed by atoms with Gasteiger partial charge in [-0.1, -0.05) is 15.9 Å². The van der Waals surface area contributed by atoms with Gasteiger partial charge in [0.05, 0.1) is 7.11 Å². The Morgan fingerprint density at radius 1 is 1.56 bits per heavy atom. The molecule has 4 nitrogen and oxygen atoms in total. The lowest BCUT2D eigenvalue weighted by atomic mass is 10.2. The highest BCUT2D eigenvalue weighted by atomic mass is 79.9. The fourth-order valence-corrected chi connectivity index (χ4v) is 2.13. The number of methoxy groups -OCH3 is 1. The fraction of sp³-hybridized carbons (Fsp3) is 0.364. The maximum Gasteiger partial charge on any atom is 0.329 e. The van der Waals surface area contributed by atoms with Crippen LogP contribution < -0.4 is 10.6 Å². The molecule has 0 spiro atoms. The second-order valence-corrected chi connectivity index (χ2v) is 4.57. The van der Waals surface area contributed by atoms with Crippen molar-refractivity contribution < 1.29 is 9.53 Å². The van der Waals surface area contributed by atoms with Crippen molar-refractivity contribution in [1.82, 2.24) is 5.32 Å². The van der Waals surface area contributed by atoms with Crippen molar-refractivity contribution >= 4 is 27.6 Å². The minimum atomic E-state index is -0.326. The third-order valence-electron chi connectivity index (χ3n) is 2.55. The van der Waals surface area contributed by atoms with Crippen LogP contribution >= 0.6 is 15.9 Å². The summed E-state index contributed by atoms with van der Waals surface area (Å²) < 4.78 is 5.77. The van der Waals surface area contributed by atoms with E-state index in [9.17, 15) is 4.79 Å². The van der Waals surface area contributed by atoms with E-state index in [2.05, 4.69) is 26.6 Å². The van der Waals surface area contributed by atoms with Crippen molar-refractivity contribution in [3.05, 3.63) is 28.2 Å². The van der Waals surface area contributed by atoms with Crippen molar-refractivity contribution in [2.24, 2.45) is 0 Å². The molecule has 1 aliphatic heterocycles. The van der Waals surface area contributed by atoms with Crippen LogP contribution in [0.4, 0.5) is 5.69 Å². The molecule has 1 aromatic rings. The first kappa shape index (κ1) is 11.4. The average Bonchev–Trinajstić information content (AvgIpc) is 2.49. The van der Waals surface area contributed by atoms with Gasteiger partial charge in [-0.3, -0.25) is 0 Å². The predicted molar refractivity (Wildman–Crippen MR) is 65.3 cm³/mol. The highest BCUT2D eigenvalue weighted by molar-refractivity contribution is 9.10. The Bertz CT molecular complexity index is 409. The third-order valence-corrected chi connectivity index (χ3v) is 3.04. The van der Waals surface area contributed by atoms with E-state index in [-0.39, 0.29) is 12.0 Å². The molecule has 0 aliphatic carbocycles. The van der Waals surface area contributed by atoms with E-state index >= 15 is 0 Å². The van der Waals surface area contributed by atoms with E-state index in [1.165, 1.54) is 7.11 Å². The first-order chi connectivity index (χ1) is 7.70.